The van der Waals surface area contributed by atoms with Crippen LogP contribution in [0.4, 0.5) is 5.69 Å². The van der Waals surface area contributed by atoms with Crippen molar-refractivity contribution in [1.29, 1.82) is 0 Å². The molecule has 2 aliphatic heterocycles. The average Bonchev–Trinajstić information content (AvgIpc) is 3.03. The lowest BCUT2D eigenvalue weighted by atomic mass is 10.0. The van der Waals surface area contributed by atoms with Crippen LogP contribution >= 0.6 is 0 Å². The molecule has 32 heavy (non-hydrogen) atoms. The zero-order valence-corrected chi connectivity index (χ0v) is 18.1. The second kappa shape index (κ2) is 11.7. The number of carbonyl (C=O) groups excluding carboxylic acids is 4. The number of nitrogens with two attached hydrogens (primary N) is 1. The molecule has 2 heterocycles. The maximum absolute atomic E-state index is 13.0. The van der Waals surface area contributed by atoms with E-state index in [4.69, 9.17) is 15.2 Å². The Morgan fingerprint density at radius 2 is 1.72 bits per heavy atom. The van der Waals surface area contributed by atoms with Crippen LogP contribution in [0.15, 0.2) is 18.2 Å². The first-order valence-corrected chi connectivity index (χ1v) is 11.0. The highest BCUT2D eigenvalue weighted by Crippen LogP contribution is 2.32. The third kappa shape index (κ3) is 5.70. The predicted octanol–water partition coefficient (Wildman–Crippen LogP) is 0.662. The summed E-state index contributed by atoms with van der Waals surface area (Å²) in [5, 5.41) is 5.39. The molecule has 4 N–H and O–H groups in total. The van der Waals surface area contributed by atoms with Crippen molar-refractivity contribution in [3.05, 3.63) is 29.3 Å². The van der Waals surface area contributed by atoms with Crippen LogP contribution in [-0.2, 0) is 19.1 Å². The van der Waals surface area contributed by atoms with E-state index in [9.17, 15) is 19.2 Å². The lowest BCUT2D eigenvalue weighted by molar-refractivity contribution is -0.136. The molecule has 1 aromatic rings. The number of amides is 4. The van der Waals surface area contributed by atoms with Gasteiger partial charge in [-0.25, -0.2) is 0 Å². The molecule has 10 heteroatoms. The monoisotopic (exact) mass is 446 g/mol. The highest BCUT2D eigenvalue weighted by Gasteiger charge is 2.45. The number of fused-ring (bicyclic) bond motifs is 1. The number of hydrogen-bond donors (Lipinski definition) is 3. The predicted molar refractivity (Wildman–Crippen MR) is 116 cm³/mol. The number of rotatable bonds is 13. The number of piperidine rings is 1. The first kappa shape index (κ1) is 23.8. The minimum Gasteiger partial charge on any atom is -0.384 e. The summed E-state index contributed by atoms with van der Waals surface area (Å²) < 4.78 is 11.0. The van der Waals surface area contributed by atoms with E-state index in [0.717, 1.165) is 24.2 Å². The number of nitrogens with zero attached hydrogens (tertiary/aromatic N) is 1. The van der Waals surface area contributed by atoms with Gasteiger partial charge in [-0.05, 0) is 44.4 Å². The summed E-state index contributed by atoms with van der Waals surface area (Å²) in [5.74, 6) is -2.05. The lowest BCUT2D eigenvalue weighted by Crippen LogP contribution is -2.54. The topological polar surface area (TPSA) is 140 Å². The van der Waals surface area contributed by atoms with Gasteiger partial charge in [0.05, 0.1) is 11.1 Å². The quantitative estimate of drug-likeness (QED) is 0.297. The van der Waals surface area contributed by atoms with Gasteiger partial charge < -0.3 is 20.5 Å². The molecule has 4 amide bonds. The van der Waals surface area contributed by atoms with Crippen molar-refractivity contribution >= 4 is 29.3 Å². The molecule has 0 radical (unpaired) electrons. The van der Waals surface area contributed by atoms with Crippen molar-refractivity contribution in [3.63, 3.8) is 0 Å². The van der Waals surface area contributed by atoms with Gasteiger partial charge in [0.15, 0.2) is 0 Å². The van der Waals surface area contributed by atoms with Gasteiger partial charge in [-0.1, -0.05) is 6.07 Å². The summed E-state index contributed by atoms with van der Waals surface area (Å²) in [7, 11) is 0. The fourth-order valence-electron chi connectivity index (χ4n) is 3.71. The van der Waals surface area contributed by atoms with Gasteiger partial charge in [0.1, 0.15) is 6.04 Å². The Bertz CT molecular complexity index is 859. The van der Waals surface area contributed by atoms with E-state index in [0.29, 0.717) is 45.2 Å². The Kier molecular flexibility index (Phi) is 8.72. The van der Waals surface area contributed by atoms with Crippen LogP contribution in [0.2, 0.25) is 0 Å². The van der Waals surface area contributed by atoms with Gasteiger partial charge in [-0.15, -0.1) is 0 Å². The van der Waals surface area contributed by atoms with Crippen LogP contribution in [0.25, 0.3) is 0 Å². The van der Waals surface area contributed by atoms with Crippen molar-refractivity contribution in [2.75, 3.05) is 44.8 Å². The number of imide groups is 2. The van der Waals surface area contributed by atoms with Crippen LogP contribution in [0.1, 0.15) is 52.8 Å². The second-order valence-electron chi connectivity index (χ2n) is 7.68. The molecule has 0 spiro atoms. The molecule has 1 saturated heterocycles. The summed E-state index contributed by atoms with van der Waals surface area (Å²) in [6.07, 6.45) is 2.62. The largest absolute Gasteiger partial charge is 0.384 e. The number of anilines is 1. The zero-order chi connectivity index (χ0) is 22.9. The molecule has 1 atom stereocenters. The van der Waals surface area contributed by atoms with Crippen LogP contribution in [0.5, 0.6) is 0 Å². The number of ether oxygens (including phenoxy) is 2. The highest BCUT2D eigenvalue weighted by molar-refractivity contribution is 6.25. The molecule has 0 aromatic heterocycles. The minimum absolute atomic E-state index is 0.0920. The molecule has 3 rings (SSSR count). The normalized spacial score (nSPS) is 18.2. The van der Waals surface area contributed by atoms with Crippen molar-refractivity contribution in [1.82, 2.24) is 10.2 Å². The van der Waals surface area contributed by atoms with E-state index in [1.165, 1.54) is 0 Å². The maximum atomic E-state index is 13.0. The molecule has 0 bridgehead atoms. The fraction of sp³-hybridized carbons (Fsp3) is 0.545. The molecular formula is C22H30N4O6. The minimum atomic E-state index is -0.972. The number of hydrogen-bond acceptors (Lipinski definition) is 8. The number of nitrogens with one attached hydrogen (secondary N) is 2. The maximum Gasteiger partial charge on any atom is 0.264 e. The summed E-state index contributed by atoms with van der Waals surface area (Å²) >= 11 is 0. The first-order valence-electron chi connectivity index (χ1n) is 11.0. The van der Waals surface area contributed by atoms with Crippen molar-refractivity contribution in [2.24, 2.45) is 5.73 Å². The average molecular weight is 447 g/mol. The van der Waals surface area contributed by atoms with E-state index >= 15 is 0 Å². The van der Waals surface area contributed by atoms with Crippen LogP contribution in [0, 0.1) is 0 Å². The van der Waals surface area contributed by atoms with Crippen molar-refractivity contribution < 1.29 is 28.7 Å². The summed E-state index contributed by atoms with van der Waals surface area (Å²) in [6.45, 7) is 3.67. The van der Waals surface area contributed by atoms with Crippen LogP contribution < -0.4 is 16.4 Å². The van der Waals surface area contributed by atoms with Gasteiger partial charge >= 0.3 is 0 Å². The third-order valence-electron chi connectivity index (χ3n) is 5.32. The Labute approximate surface area is 186 Å². The fourth-order valence-corrected chi connectivity index (χ4v) is 3.71. The smallest absolute Gasteiger partial charge is 0.264 e. The summed E-state index contributed by atoms with van der Waals surface area (Å²) in [4.78, 5) is 50.4. The Morgan fingerprint density at radius 1 is 1.00 bits per heavy atom. The second-order valence-corrected chi connectivity index (χ2v) is 7.68. The van der Waals surface area contributed by atoms with E-state index in [1.807, 2.05) is 0 Å². The van der Waals surface area contributed by atoms with Gasteiger partial charge in [0.25, 0.3) is 11.8 Å². The van der Waals surface area contributed by atoms with Crippen molar-refractivity contribution in [3.8, 4) is 0 Å². The Balaban J connectivity index is 1.47. The number of benzene rings is 1. The van der Waals surface area contributed by atoms with Gasteiger partial charge in [0.2, 0.25) is 11.8 Å². The van der Waals surface area contributed by atoms with E-state index < -0.39 is 29.7 Å². The molecule has 1 fully saturated rings. The third-order valence-corrected chi connectivity index (χ3v) is 5.32. The molecule has 174 valence electrons. The first-order chi connectivity index (χ1) is 15.5. The van der Waals surface area contributed by atoms with Gasteiger partial charge in [-0.2, -0.15) is 0 Å². The highest BCUT2D eigenvalue weighted by atomic mass is 16.5. The molecule has 1 aromatic carbocycles. The molecule has 10 nitrogen and oxygen atoms in total. The molecule has 2 aliphatic rings. The number of carbonyl (C=O) groups is 4. The lowest BCUT2D eigenvalue weighted by Gasteiger charge is -2.27. The summed E-state index contributed by atoms with van der Waals surface area (Å²) in [6, 6.07) is 4.03. The van der Waals surface area contributed by atoms with E-state index in [-0.39, 0.29) is 24.0 Å². The van der Waals surface area contributed by atoms with Gasteiger partial charge in [0, 0.05) is 45.1 Å². The SMILES string of the molecule is NCCCOCCCOCCCNc1cccc2c1C(=O)N(C1CCC(=O)NC1=O)C2=O. The zero-order valence-electron chi connectivity index (χ0n) is 18.1. The Morgan fingerprint density at radius 3 is 2.44 bits per heavy atom. The molecule has 0 aliphatic carbocycles. The van der Waals surface area contributed by atoms with Crippen LogP contribution in [0.3, 0.4) is 0 Å². The van der Waals surface area contributed by atoms with Crippen molar-refractivity contribution in [2.45, 2.75) is 38.1 Å². The van der Waals surface area contributed by atoms with Crippen LogP contribution in [-0.4, -0.2) is 74.1 Å². The van der Waals surface area contributed by atoms with Gasteiger partial charge in [-0.3, -0.25) is 29.4 Å². The molecule has 0 saturated carbocycles. The standard InChI is InChI=1S/C22H30N4O6/c23-9-2-11-31-13-4-14-32-12-3-10-24-16-6-1-5-15-19(16)22(30)26(21(15)29)17-7-8-18(27)25-20(17)28/h1,5-6,17,24H,2-4,7-14,23H2,(H,25,27,28). The Hall–Kier alpha value is -2.82. The van der Waals surface area contributed by atoms with E-state index in [2.05, 4.69) is 10.6 Å². The molecular weight excluding hydrogens is 416 g/mol. The molecule has 1 unspecified atom stereocenters. The summed E-state index contributed by atoms with van der Waals surface area (Å²) in [5.41, 5.74) is 6.47. The van der Waals surface area contributed by atoms with E-state index in [1.54, 1.807) is 18.2 Å².